The van der Waals surface area contributed by atoms with Gasteiger partial charge in [-0.15, -0.1) is 0 Å². The van der Waals surface area contributed by atoms with E-state index < -0.39 is 60.1 Å². The number of rotatable bonds is 17. The number of carboxylic acid groups (broad SMARTS) is 1. The summed E-state index contributed by atoms with van der Waals surface area (Å²) in [5.74, 6) is -6.92. The predicted octanol–water partition coefficient (Wildman–Crippen LogP) is 5.13. The Bertz CT molecular complexity index is 1070. The second kappa shape index (κ2) is 18.1. The van der Waals surface area contributed by atoms with Gasteiger partial charge in [-0.05, 0) is 62.3 Å². The fourth-order valence-electron chi connectivity index (χ4n) is 7.16. The molecule has 0 aliphatic carbocycles. The molecule has 1 unspecified atom stereocenters. The number of hydrogen-bond acceptors (Lipinski definition) is 7. The van der Waals surface area contributed by atoms with Crippen LogP contribution in [0.3, 0.4) is 0 Å². The number of aliphatic hydroxyl groups is 3. The molecule has 45 heavy (non-hydrogen) atoms. The molecule has 4 N–H and O–H groups in total. The monoisotopic (exact) mass is 631 g/mol. The molecule has 0 bridgehead atoms. The smallest absolute Gasteiger partial charge is 0.326 e. The summed E-state index contributed by atoms with van der Waals surface area (Å²) in [6.07, 6.45) is 9.86. The van der Waals surface area contributed by atoms with Crippen molar-refractivity contribution >= 4 is 17.7 Å². The van der Waals surface area contributed by atoms with Gasteiger partial charge < -0.3 is 30.1 Å². The lowest BCUT2D eigenvalue weighted by atomic mass is 9.83. The van der Waals surface area contributed by atoms with Crippen LogP contribution in [-0.2, 0) is 25.5 Å². The zero-order chi connectivity index (χ0) is 33.0. The van der Waals surface area contributed by atoms with Gasteiger partial charge in [0, 0.05) is 18.4 Å². The number of amides is 1. The molecule has 3 rings (SSSR count). The number of carbonyl (C=O) groups excluding carboxylic acids is 2. The van der Waals surface area contributed by atoms with Crippen molar-refractivity contribution in [3.63, 3.8) is 0 Å². The van der Waals surface area contributed by atoms with Crippen LogP contribution in [0.25, 0.3) is 0 Å². The largest absolute Gasteiger partial charge is 0.480 e. The highest BCUT2D eigenvalue weighted by molar-refractivity contribution is 6.09. The van der Waals surface area contributed by atoms with Crippen LogP contribution in [0.2, 0.25) is 0 Å². The number of ketones is 1. The molecular weight excluding hydrogens is 574 g/mol. The number of hydrogen-bond donors (Lipinski definition) is 4. The number of Topliss-reactive ketones (excluding diaryl/α,β-unsaturated/α-hetero) is 1. The van der Waals surface area contributed by atoms with Crippen LogP contribution in [-0.4, -0.2) is 80.2 Å². The van der Waals surface area contributed by atoms with Gasteiger partial charge in [0.15, 0.2) is 0 Å². The summed E-state index contributed by atoms with van der Waals surface area (Å²) in [4.78, 5) is 39.8. The third kappa shape index (κ3) is 10.1. The normalized spacial score (nSPS) is 26.9. The molecule has 1 aromatic carbocycles. The summed E-state index contributed by atoms with van der Waals surface area (Å²) in [5.41, 5.74) is 1.40. The standard InChI is InChI=1S/C36H57NO8/c1-4-27(23-28-17-11-8-12-18-28)16-10-7-5-6-9-15-25(2)32(39)29(24-38)31-21-20-26(3)33(40)36(44,45-31)35(43)37-22-14-13-19-30(37)34(41)42/h8,11-12,17-18,25-27,29-32,38-39,44H,4-7,9-10,13-16,19-24H2,1-3H3,(H,41,42)/t25-,26-,27-,29+,30+,31+,32+,36?/m1/s1. The number of aliphatic carboxylic acids is 1. The summed E-state index contributed by atoms with van der Waals surface area (Å²) in [6.45, 7) is 5.46. The molecule has 0 saturated carbocycles. The highest BCUT2D eigenvalue weighted by atomic mass is 16.6. The van der Waals surface area contributed by atoms with Crippen molar-refractivity contribution in [1.29, 1.82) is 0 Å². The van der Waals surface area contributed by atoms with Crippen LogP contribution >= 0.6 is 0 Å². The first-order valence-corrected chi connectivity index (χ1v) is 17.3. The molecule has 2 saturated heterocycles. The van der Waals surface area contributed by atoms with Crippen LogP contribution in [0.4, 0.5) is 0 Å². The number of carbonyl (C=O) groups is 3. The van der Waals surface area contributed by atoms with Crippen LogP contribution in [0.5, 0.6) is 0 Å². The van der Waals surface area contributed by atoms with Crippen molar-refractivity contribution in [2.45, 2.75) is 135 Å². The summed E-state index contributed by atoms with van der Waals surface area (Å²) in [7, 11) is 0. The Balaban J connectivity index is 1.51. The molecule has 0 aromatic heterocycles. The van der Waals surface area contributed by atoms with Gasteiger partial charge in [-0.25, -0.2) is 4.79 Å². The topological polar surface area (TPSA) is 145 Å². The van der Waals surface area contributed by atoms with E-state index in [9.17, 15) is 34.8 Å². The van der Waals surface area contributed by atoms with Crippen LogP contribution in [0.1, 0.15) is 110 Å². The summed E-state index contributed by atoms with van der Waals surface area (Å²) < 4.78 is 5.89. The maximum absolute atomic E-state index is 13.6. The van der Waals surface area contributed by atoms with E-state index in [0.717, 1.165) is 37.0 Å². The Kier molecular flexibility index (Phi) is 15.0. The minimum Gasteiger partial charge on any atom is -0.480 e. The van der Waals surface area contributed by atoms with E-state index in [1.54, 1.807) is 6.92 Å². The SMILES string of the molecule is CC[C@H](CCCCCCC[C@@H](C)[C@H](O)[C@@H](CO)[C@@H]1CC[C@@H](C)C(=O)C(O)(C(=O)N2CCCC[C@H]2C(=O)O)O1)Cc1ccccc1. The van der Waals surface area contributed by atoms with E-state index in [1.165, 1.54) is 31.2 Å². The van der Waals surface area contributed by atoms with Gasteiger partial charge >= 0.3 is 11.8 Å². The zero-order valence-electron chi connectivity index (χ0n) is 27.6. The van der Waals surface area contributed by atoms with Gasteiger partial charge in [-0.1, -0.05) is 96.0 Å². The van der Waals surface area contributed by atoms with Gasteiger partial charge in [-0.3, -0.25) is 9.59 Å². The number of likely N-dealkylation sites (tertiary alicyclic amines) is 1. The van der Waals surface area contributed by atoms with Crippen molar-refractivity contribution in [3.05, 3.63) is 35.9 Å². The molecule has 9 heteroatoms. The van der Waals surface area contributed by atoms with Crippen molar-refractivity contribution in [2.75, 3.05) is 13.2 Å². The molecule has 254 valence electrons. The van der Waals surface area contributed by atoms with Gasteiger partial charge in [0.1, 0.15) is 6.04 Å². The molecule has 8 atom stereocenters. The highest BCUT2D eigenvalue weighted by Crippen LogP contribution is 2.35. The van der Waals surface area contributed by atoms with Gasteiger partial charge in [0.05, 0.1) is 18.8 Å². The second-order valence-corrected chi connectivity index (χ2v) is 13.6. The number of carboxylic acids is 1. The molecule has 0 radical (unpaired) electrons. The number of ether oxygens (including phenoxy) is 1. The zero-order valence-corrected chi connectivity index (χ0v) is 27.6. The minimum atomic E-state index is -2.86. The first-order chi connectivity index (χ1) is 21.5. The lowest BCUT2D eigenvalue weighted by Gasteiger charge is -2.40. The Morgan fingerprint density at radius 2 is 1.69 bits per heavy atom. The molecule has 0 spiro atoms. The molecule has 1 amide bonds. The lowest BCUT2D eigenvalue weighted by Crippen LogP contribution is -2.62. The van der Waals surface area contributed by atoms with Gasteiger partial charge in [0.2, 0.25) is 5.78 Å². The Morgan fingerprint density at radius 1 is 1.02 bits per heavy atom. The molecule has 2 aliphatic rings. The highest BCUT2D eigenvalue weighted by Gasteiger charge is 2.55. The minimum absolute atomic E-state index is 0.101. The van der Waals surface area contributed by atoms with Crippen LogP contribution in [0, 0.1) is 23.7 Å². The molecule has 9 nitrogen and oxygen atoms in total. The van der Waals surface area contributed by atoms with Crippen molar-refractivity contribution < 1.29 is 39.5 Å². The maximum Gasteiger partial charge on any atom is 0.326 e. The average Bonchev–Trinajstić information content (AvgIpc) is 3.16. The molecule has 2 aliphatic heterocycles. The Morgan fingerprint density at radius 3 is 2.33 bits per heavy atom. The average molecular weight is 632 g/mol. The maximum atomic E-state index is 13.6. The van der Waals surface area contributed by atoms with Crippen LogP contribution in [0.15, 0.2) is 30.3 Å². The van der Waals surface area contributed by atoms with Gasteiger partial charge in [-0.2, -0.15) is 0 Å². The number of unbranched alkanes of at least 4 members (excludes halogenated alkanes) is 4. The molecule has 2 fully saturated rings. The number of piperidine rings is 1. The summed E-state index contributed by atoms with van der Waals surface area (Å²) in [5, 5.41) is 42.8. The quantitative estimate of drug-likeness (QED) is 0.137. The fourth-order valence-corrected chi connectivity index (χ4v) is 7.16. The fraction of sp³-hybridized carbons (Fsp3) is 0.750. The molecule has 2 heterocycles. The van der Waals surface area contributed by atoms with E-state index in [-0.39, 0.29) is 25.3 Å². The van der Waals surface area contributed by atoms with E-state index in [2.05, 4.69) is 37.3 Å². The molecular formula is C36H57NO8. The first kappa shape index (κ1) is 37.1. The van der Waals surface area contributed by atoms with Crippen molar-refractivity contribution in [3.8, 4) is 0 Å². The number of aliphatic hydroxyl groups excluding tert-OH is 2. The molecule has 1 aromatic rings. The van der Waals surface area contributed by atoms with Gasteiger partial charge in [0.25, 0.3) is 5.91 Å². The van der Waals surface area contributed by atoms with Crippen molar-refractivity contribution in [1.82, 2.24) is 4.90 Å². The lowest BCUT2D eigenvalue weighted by molar-refractivity contribution is -0.240. The van der Waals surface area contributed by atoms with Crippen molar-refractivity contribution in [2.24, 2.45) is 23.7 Å². The van der Waals surface area contributed by atoms with E-state index in [1.807, 2.05) is 6.92 Å². The third-order valence-electron chi connectivity index (χ3n) is 10.3. The first-order valence-electron chi connectivity index (χ1n) is 17.3. The van der Waals surface area contributed by atoms with E-state index in [4.69, 9.17) is 4.74 Å². The summed E-state index contributed by atoms with van der Waals surface area (Å²) >= 11 is 0. The number of benzene rings is 1. The number of nitrogens with zero attached hydrogens (tertiary/aromatic N) is 1. The van der Waals surface area contributed by atoms with Crippen LogP contribution < -0.4 is 0 Å². The predicted molar refractivity (Wildman–Crippen MR) is 172 cm³/mol. The van der Waals surface area contributed by atoms with E-state index in [0.29, 0.717) is 25.2 Å². The summed E-state index contributed by atoms with van der Waals surface area (Å²) in [6, 6.07) is 9.51. The second-order valence-electron chi connectivity index (χ2n) is 13.6. The Hall–Kier alpha value is -2.33. The third-order valence-corrected chi connectivity index (χ3v) is 10.3. The Labute approximate surface area is 269 Å². The van der Waals surface area contributed by atoms with E-state index >= 15 is 0 Å².